The third-order valence-electron chi connectivity index (χ3n) is 8.64. The Morgan fingerprint density at radius 1 is 0.630 bits per heavy atom. The fraction of sp³-hybridized carbons (Fsp3) is 1.00. The molecular weight excluding hydrogens is 328 g/mol. The normalized spacial score (nSPS) is 37.1. The van der Waals surface area contributed by atoms with Gasteiger partial charge >= 0.3 is 0 Å². The van der Waals surface area contributed by atoms with Crippen LogP contribution in [0.2, 0.25) is 0 Å². The molecule has 3 aliphatic rings. The summed E-state index contributed by atoms with van der Waals surface area (Å²) in [6.07, 6.45) is 27.2. The summed E-state index contributed by atoms with van der Waals surface area (Å²) < 4.78 is 0. The van der Waals surface area contributed by atoms with E-state index in [0.717, 1.165) is 42.4 Å². The van der Waals surface area contributed by atoms with Gasteiger partial charge in [0.2, 0.25) is 0 Å². The van der Waals surface area contributed by atoms with E-state index in [2.05, 4.69) is 6.92 Å². The summed E-state index contributed by atoms with van der Waals surface area (Å²) in [5.74, 6) is 4.93. The molecule has 0 bridgehead atoms. The lowest BCUT2D eigenvalue weighted by Crippen LogP contribution is -2.39. The van der Waals surface area contributed by atoms with Crippen LogP contribution in [0.5, 0.6) is 0 Å². The van der Waals surface area contributed by atoms with Crippen LogP contribution in [0.15, 0.2) is 0 Å². The molecule has 3 saturated carbocycles. The molecule has 0 heterocycles. The number of fused-ring (bicyclic) bond motifs is 1. The van der Waals surface area contributed by atoms with Gasteiger partial charge in [-0.05, 0) is 68.1 Å². The first-order valence-electron chi connectivity index (χ1n) is 13.0. The van der Waals surface area contributed by atoms with Gasteiger partial charge in [0.1, 0.15) is 0 Å². The topological polar surface area (TPSA) is 20.2 Å². The number of hydrogen-bond donors (Lipinski definition) is 1. The Balaban J connectivity index is 1.29. The van der Waals surface area contributed by atoms with Gasteiger partial charge in [-0.1, -0.05) is 90.4 Å². The third kappa shape index (κ3) is 6.76. The predicted molar refractivity (Wildman–Crippen MR) is 117 cm³/mol. The molecule has 1 N–H and O–H groups in total. The molecule has 0 amide bonds. The minimum Gasteiger partial charge on any atom is -0.393 e. The zero-order valence-electron chi connectivity index (χ0n) is 18.3. The first kappa shape index (κ1) is 21.7. The van der Waals surface area contributed by atoms with Crippen molar-refractivity contribution in [3.63, 3.8) is 0 Å². The lowest BCUT2D eigenvalue weighted by molar-refractivity contribution is -0.00583. The molecule has 0 aromatic carbocycles. The van der Waals surface area contributed by atoms with Crippen LogP contribution in [-0.4, -0.2) is 11.2 Å². The Hall–Kier alpha value is -0.0400. The molecule has 3 fully saturated rings. The summed E-state index contributed by atoms with van der Waals surface area (Å²) in [5.41, 5.74) is 0. The second-order valence-corrected chi connectivity index (χ2v) is 10.5. The minimum absolute atomic E-state index is 0.0207. The van der Waals surface area contributed by atoms with E-state index in [4.69, 9.17) is 0 Å². The summed E-state index contributed by atoms with van der Waals surface area (Å²) >= 11 is 0. The van der Waals surface area contributed by atoms with Gasteiger partial charge in [-0.2, -0.15) is 0 Å². The molecule has 1 nitrogen and oxygen atoms in total. The molecular formula is C26H48O. The van der Waals surface area contributed by atoms with E-state index in [9.17, 15) is 5.11 Å². The molecule has 158 valence electrons. The number of hydrogen-bond acceptors (Lipinski definition) is 1. The van der Waals surface area contributed by atoms with Crippen molar-refractivity contribution in [1.29, 1.82) is 0 Å². The van der Waals surface area contributed by atoms with Gasteiger partial charge in [-0.15, -0.1) is 0 Å². The van der Waals surface area contributed by atoms with Gasteiger partial charge in [0.15, 0.2) is 0 Å². The average molecular weight is 377 g/mol. The quantitative estimate of drug-likeness (QED) is 0.384. The first-order chi connectivity index (χ1) is 13.3. The van der Waals surface area contributed by atoms with Gasteiger partial charge in [0.05, 0.1) is 6.10 Å². The smallest absolute Gasteiger partial charge is 0.0543 e. The van der Waals surface area contributed by atoms with Crippen LogP contribution in [0.25, 0.3) is 0 Å². The van der Waals surface area contributed by atoms with Crippen LogP contribution in [-0.2, 0) is 0 Å². The van der Waals surface area contributed by atoms with Crippen LogP contribution in [0.4, 0.5) is 0 Å². The van der Waals surface area contributed by atoms with Crippen LogP contribution in [0.1, 0.15) is 129 Å². The Morgan fingerprint density at radius 3 is 2.04 bits per heavy atom. The summed E-state index contributed by atoms with van der Waals surface area (Å²) in [5, 5.41) is 10.1. The van der Waals surface area contributed by atoms with E-state index in [0.29, 0.717) is 0 Å². The van der Waals surface area contributed by atoms with E-state index >= 15 is 0 Å². The second kappa shape index (κ2) is 11.8. The Morgan fingerprint density at radius 2 is 1.30 bits per heavy atom. The number of rotatable bonds is 10. The van der Waals surface area contributed by atoms with Gasteiger partial charge < -0.3 is 5.11 Å². The SMILES string of the molecule is CCCCCCCCCCC1CCC(C2CCCC3CC(O)CCC32)CC1. The molecule has 0 radical (unpaired) electrons. The Kier molecular flexibility index (Phi) is 9.50. The lowest BCUT2D eigenvalue weighted by atomic mass is 9.59. The van der Waals surface area contributed by atoms with Crippen molar-refractivity contribution in [2.75, 3.05) is 0 Å². The van der Waals surface area contributed by atoms with Crippen LogP contribution >= 0.6 is 0 Å². The van der Waals surface area contributed by atoms with Crippen molar-refractivity contribution in [3.8, 4) is 0 Å². The van der Waals surface area contributed by atoms with Crippen molar-refractivity contribution in [3.05, 3.63) is 0 Å². The molecule has 4 unspecified atom stereocenters. The minimum atomic E-state index is 0.0207. The third-order valence-corrected chi connectivity index (χ3v) is 8.64. The molecule has 3 aliphatic carbocycles. The number of aliphatic hydroxyl groups is 1. The standard InChI is InChI=1S/C26H48O/c1-2-3-4-5-6-7-8-9-11-21-14-16-22(17-15-21)25-13-10-12-23-20-24(27)18-19-26(23)25/h21-27H,2-20H2,1H3. The number of aliphatic hydroxyl groups excluding tert-OH is 1. The van der Waals surface area contributed by atoms with Crippen molar-refractivity contribution in [2.45, 2.75) is 135 Å². The van der Waals surface area contributed by atoms with E-state index in [1.54, 1.807) is 0 Å². The molecule has 0 spiro atoms. The summed E-state index contributed by atoms with van der Waals surface area (Å²) in [6.45, 7) is 2.31. The highest BCUT2D eigenvalue weighted by atomic mass is 16.3. The van der Waals surface area contributed by atoms with Gasteiger partial charge in [-0.25, -0.2) is 0 Å². The van der Waals surface area contributed by atoms with Gasteiger partial charge in [0, 0.05) is 0 Å². The number of unbranched alkanes of at least 4 members (excludes halogenated alkanes) is 7. The van der Waals surface area contributed by atoms with E-state index in [-0.39, 0.29) is 6.10 Å². The zero-order valence-corrected chi connectivity index (χ0v) is 18.3. The van der Waals surface area contributed by atoms with Gasteiger partial charge in [-0.3, -0.25) is 0 Å². The summed E-state index contributed by atoms with van der Waals surface area (Å²) in [7, 11) is 0. The van der Waals surface area contributed by atoms with E-state index in [1.807, 2.05) is 0 Å². The molecule has 3 rings (SSSR count). The summed E-state index contributed by atoms with van der Waals surface area (Å²) in [6, 6.07) is 0. The lowest BCUT2D eigenvalue weighted by Gasteiger charge is -2.47. The highest BCUT2D eigenvalue weighted by Crippen LogP contribution is 2.50. The zero-order chi connectivity index (χ0) is 18.9. The van der Waals surface area contributed by atoms with Crippen molar-refractivity contribution < 1.29 is 5.11 Å². The maximum atomic E-state index is 10.1. The Labute approximate surface area is 170 Å². The Bertz CT molecular complexity index is 384. The molecule has 4 atom stereocenters. The maximum Gasteiger partial charge on any atom is 0.0543 e. The second-order valence-electron chi connectivity index (χ2n) is 10.5. The van der Waals surface area contributed by atoms with E-state index in [1.165, 1.54) is 109 Å². The predicted octanol–water partition coefficient (Wildman–Crippen LogP) is 7.90. The van der Waals surface area contributed by atoms with Crippen LogP contribution in [0, 0.1) is 29.6 Å². The molecule has 0 aromatic rings. The molecule has 27 heavy (non-hydrogen) atoms. The monoisotopic (exact) mass is 376 g/mol. The highest BCUT2D eigenvalue weighted by molar-refractivity contribution is 4.91. The van der Waals surface area contributed by atoms with Crippen molar-refractivity contribution in [2.24, 2.45) is 29.6 Å². The van der Waals surface area contributed by atoms with Crippen molar-refractivity contribution in [1.82, 2.24) is 0 Å². The van der Waals surface area contributed by atoms with Gasteiger partial charge in [0.25, 0.3) is 0 Å². The van der Waals surface area contributed by atoms with Crippen LogP contribution < -0.4 is 0 Å². The van der Waals surface area contributed by atoms with E-state index < -0.39 is 0 Å². The molecule has 0 saturated heterocycles. The van der Waals surface area contributed by atoms with Crippen LogP contribution in [0.3, 0.4) is 0 Å². The molecule has 0 aromatic heterocycles. The maximum absolute atomic E-state index is 10.1. The fourth-order valence-corrected chi connectivity index (χ4v) is 7.05. The van der Waals surface area contributed by atoms with Crippen molar-refractivity contribution >= 4 is 0 Å². The largest absolute Gasteiger partial charge is 0.393 e. The highest BCUT2D eigenvalue weighted by Gasteiger charge is 2.41. The molecule has 0 aliphatic heterocycles. The fourth-order valence-electron chi connectivity index (χ4n) is 7.05. The molecule has 1 heteroatoms. The summed E-state index contributed by atoms with van der Waals surface area (Å²) in [4.78, 5) is 0. The average Bonchev–Trinajstić information content (AvgIpc) is 2.70. The first-order valence-corrected chi connectivity index (χ1v) is 13.0.